The van der Waals surface area contributed by atoms with E-state index in [1.165, 1.54) is 5.39 Å². The molecule has 0 radical (unpaired) electrons. The van der Waals surface area contributed by atoms with Gasteiger partial charge in [-0.05, 0) is 12.1 Å². The zero-order valence-electron chi connectivity index (χ0n) is 9.90. The van der Waals surface area contributed by atoms with Gasteiger partial charge in [0.1, 0.15) is 0 Å². The van der Waals surface area contributed by atoms with E-state index in [0.717, 1.165) is 5.52 Å². The Hall–Kier alpha value is -0.640. The molecule has 2 aromatic rings. The highest BCUT2D eigenvalue weighted by atomic mass is 127. The van der Waals surface area contributed by atoms with Crippen molar-refractivity contribution in [2.24, 2.45) is 0 Å². The molecular formula is C13H22IN. The number of benzene rings is 1. The first-order valence-electron chi connectivity index (χ1n) is 5.26. The highest BCUT2D eigenvalue weighted by Crippen LogP contribution is 2.07. The summed E-state index contributed by atoms with van der Waals surface area (Å²) in [5.74, 6) is 0. The van der Waals surface area contributed by atoms with Crippen LogP contribution >= 0.6 is 24.0 Å². The number of aromatic nitrogens is 1. The minimum atomic E-state index is 0. The Bertz CT molecular complexity index is 287. The Morgan fingerprint density at radius 1 is 0.867 bits per heavy atom. The van der Waals surface area contributed by atoms with Crippen LogP contribution in [0.4, 0.5) is 0 Å². The number of fused-ring (bicyclic) bond motifs is 1. The predicted molar refractivity (Wildman–Crippen MR) is 82.0 cm³/mol. The SMILES string of the molecule is CC.CC.I.[HH].c1ccc2ncccc2c1. The lowest BCUT2D eigenvalue weighted by Gasteiger charge is -1.91. The average Bonchev–Trinajstić information content (AvgIpc) is 2.34. The molecule has 0 aliphatic carbocycles. The monoisotopic (exact) mass is 319 g/mol. The zero-order valence-corrected chi connectivity index (χ0v) is 12.2. The molecule has 0 amide bonds. The highest BCUT2D eigenvalue weighted by molar-refractivity contribution is 14.0. The summed E-state index contributed by atoms with van der Waals surface area (Å²) < 4.78 is 0. The van der Waals surface area contributed by atoms with Gasteiger partial charge in [-0.15, -0.1) is 24.0 Å². The number of hydrogen-bond donors (Lipinski definition) is 0. The van der Waals surface area contributed by atoms with Crippen LogP contribution < -0.4 is 0 Å². The second kappa shape index (κ2) is 11.4. The molecule has 0 aliphatic heterocycles. The van der Waals surface area contributed by atoms with Crippen LogP contribution in [0, 0.1) is 0 Å². The lowest BCUT2D eigenvalue weighted by molar-refractivity contribution is 1.41. The number of halogens is 1. The van der Waals surface area contributed by atoms with Gasteiger partial charge in [0.2, 0.25) is 0 Å². The average molecular weight is 319 g/mol. The third-order valence-electron chi connectivity index (χ3n) is 1.51. The van der Waals surface area contributed by atoms with Crippen LogP contribution in [0.3, 0.4) is 0 Å². The van der Waals surface area contributed by atoms with Gasteiger partial charge in [0.25, 0.3) is 0 Å². The number of para-hydroxylation sites is 1. The highest BCUT2D eigenvalue weighted by Gasteiger charge is 1.86. The van der Waals surface area contributed by atoms with Crippen LogP contribution in [0.2, 0.25) is 0 Å². The van der Waals surface area contributed by atoms with E-state index >= 15 is 0 Å². The summed E-state index contributed by atoms with van der Waals surface area (Å²) in [6.45, 7) is 8.00. The first-order valence-corrected chi connectivity index (χ1v) is 5.26. The minimum absolute atomic E-state index is 0. The molecule has 1 nitrogen and oxygen atoms in total. The standard InChI is InChI=1S/C9H7N.2C2H6.HI.H2/c1-2-6-9-8(4-1)5-3-7-10-9;2*1-2;;/h1-7H;2*1-2H3;2*1H. The second-order valence-electron chi connectivity index (χ2n) is 2.20. The zero-order chi connectivity index (χ0) is 10.8. The van der Waals surface area contributed by atoms with Gasteiger partial charge in [-0.1, -0.05) is 52.0 Å². The largest absolute Gasteiger partial charge is 0.256 e. The van der Waals surface area contributed by atoms with E-state index in [4.69, 9.17) is 0 Å². The van der Waals surface area contributed by atoms with Crippen molar-refractivity contribution in [3.63, 3.8) is 0 Å². The fourth-order valence-electron chi connectivity index (χ4n) is 1.02. The van der Waals surface area contributed by atoms with Crippen molar-refractivity contribution in [3.8, 4) is 0 Å². The fraction of sp³-hybridized carbons (Fsp3) is 0.308. The van der Waals surface area contributed by atoms with E-state index < -0.39 is 0 Å². The van der Waals surface area contributed by atoms with E-state index in [1.807, 2.05) is 58.2 Å². The van der Waals surface area contributed by atoms with Gasteiger partial charge >= 0.3 is 0 Å². The van der Waals surface area contributed by atoms with Crippen LogP contribution in [0.1, 0.15) is 29.1 Å². The third-order valence-corrected chi connectivity index (χ3v) is 1.51. The van der Waals surface area contributed by atoms with Gasteiger partial charge in [-0.2, -0.15) is 0 Å². The molecule has 0 unspecified atom stereocenters. The molecule has 0 fully saturated rings. The molecule has 0 bridgehead atoms. The van der Waals surface area contributed by atoms with Crippen molar-refractivity contribution in [2.75, 3.05) is 0 Å². The molecule has 2 rings (SSSR count). The summed E-state index contributed by atoms with van der Waals surface area (Å²) in [6, 6.07) is 12.1. The number of nitrogens with zero attached hydrogens (tertiary/aromatic N) is 1. The molecule has 0 N–H and O–H groups in total. The fourth-order valence-corrected chi connectivity index (χ4v) is 1.02. The van der Waals surface area contributed by atoms with Crippen molar-refractivity contribution in [2.45, 2.75) is 27.7 Å². The Balaban J connectivity index is -0.000000257. The third kappa shape index (κ3) is 5.72. The van der Waals surface area contributed by atoms with Crippen LogP contribution in [-0.4, -0.2) is 4.98 Å². The molecule has 0 spiro atoms. The maximum atomic E-state index is 4.18. The quantitative estimate of drug-likeness (QED) is 0.612. The maximum Gasteiger partial charge on any atom is 0.0701 e. The molecule has 0 saturated heterocycles. The molecule has 1 aromatic heterocycles. The molecular weight excluding hydrogens is 297 g/mol. The van der Waals surface area contributed by atoms with E-state index in [2.05, 4.69) is 17.1 Å². The number of hydrogen-bond acceptors (Lipinski definition) is 1. The van der Waals surface area contributed by atoms with Crippen molar-refractivity contribution in [3.05, 3.63) is 42.6 Å². The Kier molecular flexibility index (Phi) is 12.8. The van der Waals surface area contributed by atoms with Crippen molar-refractivity contribution < 1.29 is 1.43 Å². The van der Waals surface area contributed by atoms with Gasteiger partial charge in [-0.25, -0.2) is 0 Å². The molecule has 1 heterocycles. The molecule has 0 saturated carbocycles. The van der Waals surface area contributed by atoms with Crippen molar-refractivity contribution >= 4 is 34.9 Å². The topological polar surface area (TPSA) is 12.9 Å². The van der Waals surface area contributed by atoms with Crippen LogP contribution in [0.15, 0.2) is 42.6 Å². The normalized spacial score (nSPS) is 7.47. The molecule has 86 valence electrons. The van der Waals surface area contributed by atoms with E-state index in [0.29, 0.717) is 0 Å². The molecule has 0 atom stereocenters. The lowest BCUT2D eigenvalue weighted by Crippen LogP contribution is -1.73. The molecule has 2 heteroatoms. The summed E-state index contributed by atoms with van der Waals surface area (Å²) in [6.07, 6.45) is 1.81. The van der Waals surface area contributed by atoms with E-state index in [9.17, 15) is 0 Å². The first-order chi connectivity index (χ1) is 6.97. The summed E-state index contributed by atoms with van der Waals surface area (Å²) in [4.78, 5) is 4.18. The maximum absolute atomic E-state index is 4.18. The lowest BCUT2D eigenvalue weighted by atomic mass is 10.2. The minimum Gasteiger partial charge on any atom is -0.256 e. The first kappa shape index (κ1) is 16.8. The van der Waals surface area contributed by atoms with E-state index in [1.54, 1.807) is 0 Å². The van der Waals surface area contributed by atoms with Crippen LogP contribution in [0.5, 0.6) is 0 Å². The summed E-state index contributed by atoms with van der Waals surface area (Å²) in [5, 5.41) is 1.20. The summed E-state index contributed by atoms with van der Waals surface area (Å²) >= 11 is 0. The van der Waals surface area contributed by atoms with E-state index in [-0.39, 0.29) is 25.4 Å². The van der Waals surface area contributed by atoms with Gasteiger partial charge in [0.05, 0.1) is 5.52 Å². The van der Waals surface area contributed by atoms with Gasteiger partial charge in [0.15, 0.2) is 0 Å². The predicted octanol–water partition coefficient (Wildman–Crippen LogP) is 5.15. The smallest absolute Gasteiger partial charge is 0.0701 e. The summed E-state index contributed by atoms with van der Waals surface area (Å²) in [5.41, 5.74) is 1.06. The van der Waals surface area contributed by atoms with Crippen molar-refractivity contribution in [1.29, 1.82) is 0 Å². The van der Waals surface area contributed by atoms with Gasteiger partial charge in [0, 0.05) is 13.0 Å². The Morgan fingerprint density at radius 3 is 2.00 bits per heavy atom. The van der Waals surface area contributed by atoms with Gasteiger partial charge in [-0.3, -0.25) is 4.98 Å². The number of pyridine rings is 1. The molecule has 0 aliphatic rings. The summed E-state index contributed by atoms with van der Waals surface area (Å²) in [7, 11) is 0. The Morgan fingerprint density at radius 2 is 1.40 bits per heavy atom. The Labute approximate surface area is 111 Å². The molecule has 15 heavy (non-hydrogen) atoms. The van der Waals surface area contributed by atoms with Crippen molar-refractivity contribution in [1.82, 2.24) is 4.98 Å². The van der Waals surface area contributed by atoms with Crippen LogP contribution in [0.25, 0.3) is 10.9 Å². The van der Waals surface area contributed by atoms with Gasteiger partial charge < -0.3 is 0 Å². The second-order valence-corrected chi connectivity index (χ2v) is 2.20. The number of rotatable bonds is 0. The molecule has 1 aromatic carbocycles. The van der Waals surface area contributed by atoms with Crippen LogP contribution in [-0.2, 0) is 0 Å².